The van der Waals surface area contributed by atoms with Crippen molar-refractivity contribution in [3.05, 3.63) is 36.5 Å². The van der Waals surface area contributed by atoms with E-state index in [0.29, 0.717) is 5.06 Å². The largest absolute Gasteiger partial charge is 0.481 e. The highest BCUT2D eigenvalue weighted by molar-refractivity contribution is 6.14. The summed E-state index contributed by atoms with van der Waals surface area (Å²) >= 11 is 0. The van der Waals surface area contributed by atoms with Gasteiger partial charge in [0.25, 0.3) is 47.3 Å². The number of nitrogens with zero attached hydrogens (tertiary/aromatic N) is 5. The van der Waals surface area contributed by atoms with Crippen molar-refractivity contribution in [3.8, 4) is 0 Å². The Morgan fingerprint density at radius 3 is 1.21 bits per heavy atom. The minimum atomic E-state index is -1.03. The Labute approximate surface area is 318 Å². The van der Waals surface area contributed by atoms with Crippen molar-refractivity contribution in [2.45, 2.75) is 65.7 Å². The molecule has 5 aliphatic heterocycles. The normalized spacial score (nSPS) is 18.4. The Balaban J connectivity index is 0.000000264. The van der Waals surface area contributed by atoms with Crippen LogP contribution in [0.1, 0.15) is 65.7 Å². The number of carbonyl (C=O) groups is 14. The van der Waals surface area contributed by atoms with Crippen LogP contribution in [0.15, 0.2) is 36.5 Å². The van der Waals surface area contributed by atoms with Crippen LogP contribution in [0.25, 0.3) is 0 Å². The van der Waals surface area contributed by atoms with Crippen LogP contribution in [0.5, 0.6) is 0 Å². The van der Waals surface area contributed by atoms with Crippen molar-refractivity contribution in [2.75, 3.05) is 26.2 Å². The van der Waals surface area contributed by atoms with Crippen molar-refractivity contribution < 1.29 is 77.1 Å². The fourth-order valence-corrected chi connectivity index (χ4v) is 4.79. The van der Waals surface area contributed by atoms with Crippen LogP contribution in [-0.4, -0.2) is 139 Å². The zero-order chi connectivity index (χ0) is 42.3. The van der Waals surface area contributed by atoms with E-state index < -0.39 is 47.4 Å². The molecule has 0 bridgehead atoms. The molecule has 300 valence electrons. The first kappa shape index (κ1) is 45.4. The van der Waals surface area contributed by atoms with Gasteiger partial charge in [-0.25, -0.2) is 4.79 Å². The van der Waals surface area contributed by atoms with Gasteiger partial charge in [-0.05, 0) is 13.8 Å². The number of carboxylic acids is 1. The Bertz CT molecular complexity index is 1680. The summed E-state index contributed by atoms with van der Waals surface area (Å²) in [5, 5.41) is 8.70. The number of Topliss-reactive ketones (excluding diaryl/α,β-unsaturated/α-hetero) is 2. The van der Waals surface area contributed by atoms with Crippen molar-refractivity contribution in [3.63, 3.8) is 0 Å². The molecule has 1 atom stereocenters. The molecule has 2 saturated heterocycles. The summed E-state index contributed by atoms with van der Waals surface area (Å²) in [7, 11) is 0. The highest BCUT2D eigenvalue weighted by Crippen LogP contribution is 2.18. The smallest absolute Gasteiger partial charge is 0.335 e. The van der Waals surface area contributed by atoms with Crippen molar-refractivity contribution in [2.24, 2.45) is 5.92 Å². The van der Waals surface area contributed by atoms with E-state index in [-0.39, 0.29) is 112 Å². The van der Waals surface area contributed by atoms with Crippen molar-refractivity contribution in [1.82, 2.24) is 24.7 Å². The fraction of sp³-hybridized carbons (Fsp3) is 0.429. The van der Waals surface area contributed by atoms with Gasteiger partial charge in [0.05, 0.1) is 12.8 Å². The molecular formula is C35H39N5O16. The lowest BCUT2D eigenvalue weighted by Crippen LogP contribution is -2.35. The molecule has 5 heterocycles. The summed E-state index contributed by atoms with van der Waals surface area (Å²) in [6.45, 7) is 4.85. The van der Waals surface area contributed by atoms with Gasteiger partial charge in [0.15, 0.2) is 0 Å². The predicted octanol–water partition coefficient (Wildman–Crippen LogP) is -1.45. The van der Waals surface area contributed by atoms with Crippen LogP contribution in [0, 0.1) is 5.92 Å². The second kappa shape index (κ2) is 21.2. The maximum Gasteiger partial charge on any atom is 0.335 e. The number of carbonyl (C=O) groups excluding carboxylic acids is 13. The summed E-state index contributed by atoms with van der Waals surface area (Å²) in [6.07, 6.45) is 7.20. The first-order valence-electron chi connectivity index (χ1n) is 17.0. The van der Waals surface area contributed by atoms with E-state index in [0.717, 1.165) is 39.0 Å². The third-order valence-electron chi connectivity index (χ3n) is 7.83. The first-order valence-corrected chi connectivity index (χ1v) is 17.0. The van der Waals surface area contributed by atoms with Gasteiger partial charge in [-0.1, -0.05) is 6.92 Å². The fourth-order valence-electron chi connectivity index (χ4n) is 4.79. The summed E-state index contributed by atoms with van der Waals surface area (Å²) < 4.78 is 0. The SMILES string of the molecule is CC(=O)CCN1C(=O)C=CC1=O.CC(=O)CCN1C(=O)CC(C)C1=O.O=C(CCN1C(=O)C=CC1=O)ON1C(=O)CCC1=O.O=C(O)CCN1C(=O)C=CC1=O. The van der Waals surface area contributed by atoms with E-state index in [2.05, 4.69) is 4.84 Å². The summed E-state index contributed by atoms with van der Waals surface area (Å²) in [6, 6.07) is 0. The number of hydroxylamine groups is 2. The highest BCUT2D eigenvalue weighted by atomic mass is 16.7. The van der Waals surface area contributed by atoms with Crippen LogP contribution < -0.4 is 0 Å². The van der Waals surface area contributed by atoms with E-state index in [1.54, 1.807) is 6.92 Å². The maximum atomic E-state index is 11.4. The highest BCUT2D eigenvalue weighted by Gasteiger charge is 2.35. The van der Waals surface area contributed by atoms with E-state index in [1.807, 2.05) is 0 Å². The lowest BCUT2D eigenvalue weighted by molar-refractivity contribution is -0.197. The molecule has 21 heteroatoms. The number of imide groups is 5. The molecule has 5 aliphatic rings. The van der Waals surface area contributed by atoms with Gasteiger partial charge in [-0.2, -0.15) is 0 Å². The zero-order valence-corrected chi connectivity index (χ0v) is 30.6. The van der Waals surface area contributed by atoms with E-state index in [1.165, 1.54) is 30.9 Å². The molecule has 0 saturated carbocycles. The van der Waals surface area contributed by atoms with Gasteiger partial charge in [0.1, 0.15) is 11.6 Å². The number of amides is 10. The van der Waals surface area contributed by atoms with Crippen LogP contribution in [0.4, 0.5) is 0 Å². The number of likely N-dealkylation sites (tertiary alicyclic amines) is 1. The van der Waals surface area contributed by atoms with E-state index in [4.69, 9.17) is 5.11 Å². The molecule has 10 amide bonds. The van der Waals surface area contributed by atoms with Crippen LogP contribution in [0.3, 0.4) is 0 Å². The average molecular weight is 786 g/mol. The molecule has 0 radical (unpaired) electrons. The number of rotatable bonds is 13. The molecule has 0 spiro atoms. The van der Waals surface area contributed by atoms with Crippen LogP contribution in [-0.2, 0) is 72.0 Å². The number of ketones is 2. The molecule has 5 rings (SSSR count). The van der Waals surface area contributed by atoms with Gasteiger partial charge >= 0.3 is 11.9 Å². The third-order valence-corrected chi connectivity index (χ3v) is 7.83. The van der Waals surface area contributed by atoms with Crippen LogP contribution >= 0.6 is 0 Å². The molecule has 1 unspecified atom stereocenters. The molecule has 0 aromatic rings. The van der Waals surface area contributed by atoms with E-state index in [9.17, 15) is 67.1 Å². The predicted molar refractivity (Wildman–Crippen MR) is 183 cm³/mol. The van der Waals surface area contributed by atoms with Gasteiger partial charge in [-0.3, -0.25) is 81.9 Å². The molecule has 1 N–H and O–H groups in total. The second-order valence-corrected chi connectivity index (χ2v) is 12.3. The topological polar surface area (TPSA) is 285 Å². The second-order valence-electron chi connectivity index (χ2n) is 12.3. The number of hydrogen-bond acceptors (Lipinski definition) is 15. The molecular weight excluding hydrogens is 746 g/mol. The molecule has 56 heavy (non-hydrogen) atoms. The van der Waals surface area contributed by atoms with Gasteiger partial charge in [0.2, 0.25) is 11.8 Å². The van der Waals surface area contributed by atoms with Crippen molar-refractivity contribution >= 4 is 82.6 Å². The zero-order valence-electron chi connectivity index (χ0n) is 30.6. The Morgan fingerprint density at radius 2 is 0.893 bits per heavy atom. The van der Waals surface area contributed by atoms with Gasteiger partial charge in [0, 0.05) is 101 Å². The summed E-state index contributed by atoms with van der Waals surface area (Å²) in [5.41, 5.74) is 0. The number of hydrogen-bond donors (Lipinski definition) is 1. The summed E-state index contributed by atoms with van der Waals surface area (Å²) in [4.78, 5) is 162. The average Bonchev–Trinajstić information content (AvgIpc) is 3.88. The third kappa shape index (κ3) is 13.9. The standard InChI is InChI=1S/C11H10N2O6.C9H13NO3.C8H9NO3.C7H7NO4/c14-7-1-2-8(15)12(7)6-5-11(18)19-13-9(16)3-4-10(13)17;1-6-5-8(12)10(9(6)13)4-3-7(2)11;1-6(10)4-5-9-7(11)2-3-8(9)12;9-5-1-2-6(10)8(5)4-3-7(11)12/h1-2H,3-6H2;6H,3-5H2,1-2H3;2-3H,4-5H2,1H3;1-2H,3-4H2,(H,11,12). The lowest BCUT2D eigenvalue weighted by Gasteiger charge is -2.15. The lowest BCUT2D eigenvalue weighted by atomic mass is 10.1. The number of aliphatic carboxylic acids is 1. The number of carboxylic acid groups (broad SMARTS) is 1. The minimum Gasteiger partial charge on any atom is -0.481 e. The molecule has 0 aromatic carbocycles. The quantitative estimate of drug-likeness (QED) is 0.209. The summed E-state index contributed by atoms with van der Waals surface area (Å²) in [5.74, 6) is -6.13. The maximum absolute atomic E-state index is 11.4. The van der Waals surface area contributed by atoms with Gasteiger partial charge < -0.3 is 9.94 Å². The first-order chi connectivity index (χ1) is 26.2. The van der Waals surface area contributed by atoms with E-state index >= 15 is 0 Å². The molecule has 0 aliphatic carbocycles. The molecule has 2 fully saturated rings. The Kier molecular flexibility index (Phi) is 17.2. The Morgan fingerprint density at radius 1 is 0.554 bits per heavy atom. The van der Waals surface area contributed by atoms with Gasteiger partial charge in [-0.15, -0.1) is 5.06 Å². The van der Waals surface area contributed by atoms with Crippen molar-refractivity contribution in [1.29, 1.82) is 0 Å². The Hall–Kier alpha value is -6.80. The molecule has 0 aromatic heterocycles. The van der Waals surface area contributed by atoms with Crippen LogP contribution in [0.2, 0.25) is 0 Å². The monoisotopic (exact) mass is 785 g/mol. The molecule has 21 nitrogen and oxygen atoms in total. The minimum absolute atomic E-state index is 0.000142.